The minimum Gasteiger partial charge on any atom is -0.298 e. The molecule has 68 valence electrons. The van der Waals surface area contributed by atoms with Gasteiger partial charge in [-0.25, -0.2) is 4.39 Å². The summed E-state index contributed by atoms with van der Waals surface area (Å²) in [6.07, 6.45) is 0.277. The first-order chi connectivity index (χ1) is 6.74. The molecule has 3 nitrogen and oxygen atoms in total. The highest BCUT2D eigenvalue weighted by atomic mass is 19.1. The first-order valence-corrected chi connectivity index (χ1v) is 3.78. The van der Waals surface area contributed by atoms with Crippen molar-refractivity contribution in [3.05, 3.63) is 34.6 Å². The predicted octanol–water partition coefficient (Wildman–Crippen LogP) is 1.58. The van der Waals surface area contributed by atoms with Crippen molar-refractivity contribution < 1.29 is 9.18 Å². The molecule has 0 heterocycles. The van der Waals surface area contributed by atoms with E-state index in [1.54, 1.807) is 6.07 Å². The Kier molecular flexibility index (Phi) is 2.93. The molecule has 0 spiro atoms. The number of hydrogen-bond acceptors (Lipinski definition) is 3. The number of halogens is 1. The molecule has 0 fully saturated rings. The molecule has 1 aromatic carbocycles. The molecule has 0 saturated carbocycles. The normalized spacial score (nSPS) is 8.79. The largest absolute Gasteiger partial charge is 0.298 e. The summed E-state index contributed by atoms with van der Waals surface area (Å²) in [7, 11) is 0. The minimum absolute atomic E-state index is 0.0449. The Morgan fingerprint density at radius 1 is 1.43 bits per heavy atom. The summed E-state index contributed by atoms with van der Waals surface area (Å²) in [6.45, 7) is 0. The van der Waals surface area contributed by atoms with Gasteiger partial charge < -0.3 is 0 Å². The number of carbonyl (C=O) groups excluding carboxylic acids is 1. The summed E-state index contributed by atoms with van der Waals surface area (Å²) in [5.74, 6) is -0.852. The topological polar surface area (TPSA) is 64.7 Å². The molecule has 0 saturated heterocycles. The van der Waals surface area contributed by atoms with E-state index in [4.69, 9.17) is 10.5 Å². The monoisotopic (exact) mass is 188 g/mol. The van der Waals surface area contributed by atoms with Crippen LogP contribution in [-0.2, 0) is 6.42 Å². The van der Waals surface area contributed by atoms with Crippen LogP contribution in [0.2, 0.25) is 0 Å². The fourth-order valence-corrected chi connectivity index (χ4v) is 1.09. The molecule has 4 heteroatoms. The van der Waals surface area contributed by atoms with Crippen LogP contribution in [0.4, 0.5) is 4.39 Å². The first-order valence-electron chi connectivity index (χ1n) is 3.78. The molecular formula is C10H5FN2O. The van der Waals surface area contributed by atoms with E-state index in [1.165, 1.54) is 12.1 Å². The second kappa shape index (κ2) is 4.15. The fraction of sp³-hybridized carbons (Fsp3) is 0.100. The quantitative estimate of drug-likeness (QED) is 0.661. The molecule has 0 aliphatic carbocycles. The van der Waals surface area contributed by atoms with Crippen LogP contribution >= 0.6 is 0 Å². The van der Waals surface area contributed by atoms with Crippen molar-refractivity contribution in [2.75, 3.05) is 0 Å². The smallest absolute Gasteiger partial charge is 0.153 e. The molecule has 0 radical (unpaired) electrons. The number of carbonyl (C=O) groups is 1. The Bertz CT molecular complexity index is 454. The molecule has 0 aromatic heterocycles. The van der Waals surface area contributed by atoms with Gasteiger partial charge in [0.05, 0.1) is 23.6 Å². The molecule has 14 heavy (non-hydrogen) atoms. The molecule has 0 unspecified atom stereocenters. The van der Waals surface area contributed by atoms with E-state index in [9.17, 15) is 9.18 Å². The number of hydrogen-bond donors (Lipinski definition) is 0. The van der Waals surface area contributed by atoms with Crippen LogP contribution in [0.25, 0.3) is 0 Å². The van der Waals surface area contributed by atoms with E-state index in [0.717, 1.165) is 0 Å². The lowest BCUT2D eigenvalue weighted by atomic mass is 10.0. The Balaban J connectivity index is 3.39. The van der Waals surface area contributed by atoms with Gasteiger partial charge in [-0.2, -0.15) is 10.5 Å². The van der Waals surface area contributed by atoms with E-state index in [1.807, 2.05) is 6.07 Å². The van der Waals surface area contributed by atoms with Crippen molar-refractivity contribution in [2.24, 2.45) is 0 Å². The third-order valence-corrected chi connectivity index (χ3v) is 1.78. The number of nitrogens with zero attached hydrogens (tertiary/aromatic N) is 2. The van der Waals surface area contributed by atoms with Gasteiger partial charge in [-0.15, -0.1) is 0 Å². The number of aldehydes is 1. The van der Waals surface area contributed by atoms with Crippen LogP contribution in [0.15, 0.2) is 12.1 Å². The zero-order valence-electron chi connectivity index (χ0n) is 7.12. The second-order valence-electron chi connectivity index (χ2n) is 2.56. The fourth-order valence-electron chi connectivity index (χ4n) is 1.09. The molecule has 1 rings (SSSR count). The number of benzene rings is 1. The molecular weight excluding hydrogens is 183 g/mol. The van der Waals surface area contributed by atoms with E-state index in [2.05, 4.69) is 0 Å². The summed E-state index contributed by atoms with van der Waals surface area (Å²) >= 11 is 0. The van der Waals surface area contributed by atoms with E-state index >= 15 is 0 Å². The Labute approximate surface area is 80.0 Å². The lowest BCUT2D eigenvalue weighted by Gasteiger charge is -2.02. The van der Waals surface area contributed by atoms with Gasteiger partial charge in [-0.05, 0) is 11.6 Å². The maximum atomic E-state index is 13.3. The van der Waals surface area contributed by atoms with Crippen LogP contribution in [0.3, 0.4) is 0 Å². The van der Waals surface area contributed by atoms with E-state index < -0.39 is 5.82 Å². The zero-order valence-corrected chi connectivity index (χ0v) is 7.12. The summed E-state index contributed by atoms with van der Waals surface area (Å²) in [6, 6.07) is 6.11. The molecule has 0 bridgehead atoms. The van der Waals surface area contributed by atoms with Gasteiger partial charge in [0.1, 0.15) is 6.07 Å². The van der Waals surface area contributed by atoms with Gasteiger partial charge in [0.15, 0.2) is 12.1 Å². The summed E-state index contributed by atoms with van der Waals surface area (Å²) in [5, 5.41) is 16.9. The number of nitriles is 2. The SMILES string of the molecule is N#CCc1ccc(C#N)c(F)c1C=O. The standard InChI is InChI=1S/C10H5FN2O/c11-10-8(5-13)2-1-7(3-4-12)9(10)6-14/h1-2,6H,3H2. The van der Waals surface area contributed by atoms with Crippen LogP contribution in [0.5, 0.6) is 0 Å². The highest BCUT2D eigenvalue weighted by Gasteiger charge is 2.11. The highest BCUT2D eigenvalue weighted by molar-refractivity contribution is 5.78. The Hall–Kier alpha value is -2.20. The van der Waals surface area contributed by atoms with Crippen molar-refractivity contribution in [1.29, 1.82) is 10.5 Å². The van der Waals surface area contributed by atoms with Gasteiger partial charge in [0.25, 0.3) is 0 Å². The lowest BCUT2D eigenvalue weighted by molar-refractivity contribution is 0.111. The van der Waals surface area contributed by atoms with E-state index in [-0.39, 0.29) is 17.5 Å². The maximum Gasteiger partial charge on any atom is 0.153 e. The van der Waals surface area contributed by atoms with E-state index in [0.29, 0.717) is 11.8 Å². The van der Waals surface area contributed by atoms with Crippen molar-refractivity contribution in [2.45, 2.75) is 6.42 Å². The molecule has 0 atom stereocenters. The van der Waals surface area contributed by atoms with Crippen LogP contribution in [0.1, 0.15) is 21.5 Å². The average Bonchev–Trinajstić information content (AvgIpc) is 2.19. The third-order valence-electron chi connectivity index (χ3n) is 1.78. The van der Waals surface area contributed by atoms with Crippen molar-refractivity contribution >= 4 is 6.29 Å². The molecule has 0 N–H and O–H groups in total. The van der Waals surface area contributed by atoms with Gasteiger partial charge in [-0.3, -0.25) is 4.79 Å². The maximum absolute atomic E-state index is 13.3. The lowest BCUT2D eigenvalue weighted by Crippen LogP contribution is -1.98. The molecule has 0 aliphatic heterocycles. The average molecular weight is 188 g/mol. The van der Waals surface area contributed by atoms with Crippen LogP contribution < -0.4 is 0 Å². The third kappa shape index (κ3) is 1.60. The van der Waals surface area contributed by atoms with Gasteiger partial charge in [0, 0.05) is 0 Å². The van der Waals surface area contributed by atoms with Gasteiger partial charge in [0.2, 0.25) is 0 Å². The first kappa shape index (κ1) is 9.88. The number of rotatable bonds is 2. The summed E-state index contributed by atoms with van der Waals surface area (Å²) in [4.78, 5) is 10.5. The molecule has 0 aliphatic rings. The minimum atomic E-state index is -0.852. The molecule has 1 aromatic rings. The highest BCUT2D eigenvalue weighted by Crippen LogP contribution is 2.16. The Morgan fingerprint density at radius 2 is 2.14 bits per heavy atom. The van der Waals surface area contributed by atoms with Crippen LogP contribution in [0, 0.1) is 28.5 Å². The van der Waals surface area contributed by atoms with Crippen molar-refractivity contribution in [1.82, 2.24) is 0 Å². The zero-order chi connectivity index (χ0) is 10.6. The van der Waals surface area contributed by atoms with Crippen molar-refractivity contribution in [3.63, 3.8) is 0 Å². The van der Waals surface area contributed by atoms with Crippen LogP contribution in [-0.4, -0.2) is 6.29 Å². The second-order valence-corrected chi connectivity index (χ2v) is 2.56. The predicted molar refractivity (Wildman–Crippen MR) is 45.8 cm³/mol. The Morgan fingerprint density at radius 3 is 2.64 bits per heavy atom. The van der Waals surface area contributed by atoms with Gasteiger partial charge >= 0.3 is 0 Å². The summed E-state index contributed by atoms with van der Waals surface area (Å²) in [5.41, 5.74) is -0.0848. The summed E-state index contributed by atoms with van der Waals surface area (Å²) < 4.78 is 13.3. The van der Waals surface area contributed by atoms with Crippen molar-refractivity contribution in [3.8, 4) is 12.1 Å². The van der Waals surface area contributed by atoms with Gasteiger partial charge in [-0.1, -0.05) is 6.07 Å². The molecule has 0 amide bonds.